The molecular weight excluding hydrogens is 356 g/mol. The van der Waals surface area contributed by atoms with E-state index in [-0.39, 0.29) is 11.8 Å². The Morgan fingerprint density at radius 2 is 1.07 bits per heavy atom. The van der Waals surface area contributed by atoms with E-state index in [2.05, 4.69) is 10.6 Å². The molecule has 0 saturated heterocycles. The van der Waals surface area contributed by atoms with Gasteiger partial charge in [-0.15, -0.1) is 0 Å². The van der Waals surface area contributed by atoms with Gasteiger partial charge in [-0.3, -0.25) is 9.59 Å². The highest BCUT2D eigenvalue weighted by molar-refractivity contribution is 5.92. The highest BCUT2D eigenvalue weighted by Gasteiger charge is 1.98. The van der Waals surface area contributed by atoms with Crippen LogP contribution in [0.4, 0.5) is 0 Å². The fourth-order valence-corrected chi connectivity index (χ4v) is 2.26. The fraction of sp³-hybridized carbons (Fsp3) is 0.182. The summed E-state index contributed by atoms with van der Waals surface area (Å²) in [6.45, 7) is 0.682. The average molecular weight is 380 g/mol. The van der Waals surface area contributed by atoms with Crippen molar-refractivity contribution in [3.05, 3.63) is 71.8 Å². The van der Waals surface area contributed by atoms with Gasteiger partial charge in [-0.2, -0.15) is 0 Å². The average Bonchev–Trinajstić information content (AvgIpc) is 2.74. The number of hydrogen-bond donors (Lipinski definition) is 2. The molecule has 146 valence electrons. The molecule has 0 aromatic heterocycles. The van der Waals surface area contributed by atoms with Crippen LogP contribution < -0.4 is 20.1 Å². The number of benzene rings is 2. The highest BCUT2D eigenvalue weighted by Crippen LogP contribution is 2.12. The van der Waals surface area contributed by atoms with Gasteiger partial charge in [0.15, 0.2) is 0 Å². The summed E-state index contributed by atoms with van der Waals surface area (Å²) in [6, 6.07) is 14.7. The van der Waals surface area contributed by atoms with Crippen molar-refractivity contribution < 1.29 is 19.1 Å². The van der Waals surface area contributed by atoms with Crippen molar-refractivity contribution in [1.29, 1.82) is 0 Å². The van der Waals surface area contributed by atoms with Gasteiger partial charge in [0, 0.05) is 25.2 Å². The lowest BCUT2D eigenvalue weighted by molar-refractivity contribution is -0.118. The number of hydrogen-bond acceptors (Lipinski definition) is 4. The first-order valence-corrected chi connectivity index (χ1v) is 8.80. The SMILES string of the molecule is COc1ccc(/C=C/C(=O)NCCNC(=O)/C=C/c2ccc(OC)cc2)cc1. The van der Waals surface area contributed by atoms with Crippen molar-refractivity contribution in [2.75, 3.05) is 27.3 Å². The van der Waals surface area contributed by atoms with Gasteiger partial charge in [0.05, 0.1) is 14.2 Å². The van der Waals surface area contributed by atoms with Crippen molar-refractivity contribution in [3.63, 3.8) is 0 Å². The standard InChI is InChI=1S/C22H24N2O4/c1-27-19-9-3-17(4-10-19)7-13-21(25)23-15-16-24-22(26)14-8-18-5-11-20(28-2)12-6-18/h3-14H,15-16H2,1-2H3,(H,23,25)(H,24,26)/b13-7+,14-8+. The first-order valence-electron chi connectivity index (χ1n) is 8.80. The van der Waals surface area contributed by atoms with E-state index in [1.807, 2.05) is 48.5 Å². The summed E-state index contributed by atoms with van der Waals surface area (Å²) in [5.74, 6) is 1.08. The van der Waals surface area contributed by atoms with Gasteiger partial charge in [-0.05, 0) is 47.5 Å². The molecule has 0 saturated carbocycles. The number of ether oxygens (including phenoxy) is 2. The fourth-order valence-electron chi connectivity index (χ4n) is 2.26. The minimum atomic E-state index is -0.223. The second-order valence-corrected chi connectivity index (χ2v) is 5.80. The Morgan fingerprint density at radius 1 is 0.714 bits per heavy atom. The molecule has 0 atom stereocenters. The molecule has 0 aliphatic carbocycles. The number of carbonyl (C=O) groups is 2. The quantitative estimate of drug-likeness (QED) is 0.518. The van der Waals surface area contributed by atoms with Crippen LogP contribution in [0, 0.1) is 0 Å². The summed E-state index contributed by atoms with van der Waals surface area (Å²) < 4.78 is 10.2. The first-order chi connectivity index (χ1) is 13.6. The van der Waals surface area contributed by atoms with E-state index in [9.17, 15) is 9.59 Å². The molecule has 6 nitrogen and oxygen atoms in total. The van der Waals surface area contributed by atoms with Gasteiger partial charge >= 0.3 is 0 Å². The van der Waals surface area contributed by atoms with Crippen molar-refractivity contribution in [3.8, 4) is 11.5 Å². The van der Waals surface area contributed by atoms with Crippen molar-refractivity contribution >= 4 is 24.0 Å². The summed E-state index contributed by atoms with van der Waals surface area (Å²) in [5, 5.41) is 5.43. The molecule has 0 spiro atoms. The molecule has 0 fully saturated rings. The van der Waals surface area contributed by atoms with Gasteiger partial charge in [0.25, 0.3) is 0 Å². The Bertz CT molecular complexity index is 753. The Kier molecular flexibility index (Phi) is 8.33. The van der Waals surface area contributed by atoms with Crippen molar-refractivity contribution in [2.45, 2.75) is 0 Å². The normalized spacial score (nSPS) is 10.8. The highest BCUT2D eigenvalue weighted by atomic mass is 16.5. The number of methoxy groups -OCH3 is 2. The van der Waals surface area contributed by atoms with E-state index in [4.69, 9.17) is 9.47 Å². The lowest BCUT2D eigenvalue weighted by Crippen LogP contribution is -2.33. The number of nitrogens with one attached hydrogen (secondary N) is 2. The third-order valence-corrected chi connectivity index (χ3v) is 3.81. The van der Waals surface area contributed by atoms with E-state index in [0.717, 1.165) is 22.6 Å². The molecule has 2 rings (SSSR count). The topological polar surface area (TPSA) is 76.7 Å². The molecule has 28 heavy (non-hydrogen) atoms. The van der Waals surface area contributed by atoms with Crippen LogP contribution in [0.25, 0.3) is 12.2 Å². The molecule has 0 aliphatic rings. The molecule has 2 amide bonds. The Morgan fingerprint density at radius 3 is 1.39 bits per heavy atom. The number of rotatable bonds is 9. The van der Waals surface area contributed by atoms with E-state index in [0.29, 0.717) is 13.1 Å². The van der Waals surface area contributed by atoms with Crippen molar-refractivity contribution in [2.24, 2.45) is 0 Å². The smallest absolute Gasteiger partial charge is 0.244 e. The molecule has 6 heteroatoms. The molecular formula is C22H24N2O4. The molecule has 2 aromatic rings. The summed E-state index contributed by atoms with van der Waals surface area (Å²) in [6.07, 6.45) is 6.33. The van der Waals surface area contributed by atoms with E-state index in [1.165, 1.54) is 12.2 Å². The summed E-state index contributed by atoms with van der Waals surface area (Å²) in [4.78, 5) is 23.6. The second kappa shape index (κ2) is 11.2. The van der Waals surface area contributed by atoms with Gasteiger partial charge in [0.2, 0.25) is 11.8 Å². The summed E-state index contributed by atoms with van der Waals surface area (Å²) in [5.41, 5.74) is 1.79. The zero-order valence-electron chi connectivity index (χ0n) is 16.0. The van der Waals surface area contributed by atoms with Gasteiger partial charge in [-0.1, -0.05) is 24.3 Å². The van der Waals surface area contributed by atoms with Gasteiger partial charge < -0.3 is 20.1 Å². The van der Waals surface area contributed by atoms with E-state index < -0.39 is 0 Å². The maximum Gasteiger partial charge on any atom is 0.244 e. The maximum absolute atomic E-state index is 11.8. The molecule has 0 bridgehead atoms. The van der Waals surface area contributed by atoms with Gasteiger partial charge in [-0.25, -0.2) is 0 Å². The number of carbonyl (C=O) groups excluding carboxylic acids is 2. The molecule has 0 radical (unpaired) electrons. The monoisotopic (exact) mass is 380 g/mol. The maximum atomic E-state index is 11.8. The molecule has 2 N–H and O–H groups in total. The first kappa shape index (κ1) is 20.8. The lowest BCUT2D eigenvalue weighted by Gasteiger charge is -2.03. The Labute approximate surface area is 164 Å². The molecule has 0 unspecified atom stereocenters. The predicted octanol–water partition coefficient (Wildman–Crippen LogP) is 2.66. The van der Waals surface area contributed by atoms with Gasteiger partial charge in [0.1, 0.15) is 11.5 Å². The van der Waals surface area contributed by atoms with Crippen LogP contribution in [-0.2, 0) is 9.59 Å². The van der Waals surface area contributed by atoms with Crippen LogP contribution in [-0.4, -0.2) is 39.1 Å². The van der Waals surface area contributed by atoms with Crippen molar-refractivity contribution in [1.82, 2.24) is 10.6 Å². The lowest BCUT2D eigenvalue weighted by atomic mass is 10.2. The van der Waals surface area contributed by atoms with Crippen LogP contribution in [0.1, 0.15) is 11.1 Å². The Hall–Kier alpha value is -3.54. The van der Waals surface area contributed by atoms with Crippen LogP contribution in [0.2, 0.25) is 0 Å². The number of amides is 2. The van der Waals surface area contributed by atoms with E-state index in [1.54, 1.807) is 26.4 Å². The third-order valence-electron chi connectivity index (χ3n) is 3.81. The van der Waals surface area contributed by atoms with E-state index >= 15 is 0 Å². The minimum absolute atomic E-state index is 0.223. The predicted molar refractivity (Wildman–Crippen MR) is 110 cm³/mol. The minimum Gasteiger partial charge on any atom is -0.497 e. The molecule has 0 aliphatic heterocycles. The van der Waals surface area contributed by atoms with Crippen LogP contribution in [0.15, 0.2) is 60.7 Å². The summed E-state index contributed by atoms with van der Waals surface area (Å²) >= 11 is 0. The zero-order chi connectivity index (χ0) is 20.2. The largest absolute Gasteiger partial charge is 0.497 e. The van der Waals surface area contributed by atoms with Crippen LogP contribution in [0.3, 0.4) is 0 Å². The Balaban J connectivity index is 1.66. The molecule has 2 aromatic carbocycles. The van der Waals surface area contributed by atoms with Crippen LogP contribution >= 0.6 is 0 Å². The second-order valence-electron chi connectivity index (χ2n) is 5.80. The van der Waals surface area contributed by atoms with Crippen LogP contribution in [0.5, 0.6) is 11.5 Å². The summed E-state index contributed by atoms with van der Waals surface area (Å²) in [7, 11) is 3.21. The molecule has 0 heterocycles. The third kappa shape index (κ3) is 7.37. The zero-order valence-corrected chi connectivity index (χ0v) is 16.0.